The van der Waals surface area contributed by atoms with E-state index < -0.39 is 43.4 Å². The molecule has 0 bridgehead atoms. The smallest absolute Gasteiger partial charge is 0.270 e. The van der Waals surface area contributed by atoms with Crippen LogP contribution < -0.4 is 9.47 Å². The number of hydrogen-bond acceptors (Lipinski definition) is 11. The maximum atomic E-state index is 10.4. The Balaban J connectivity index is 1.79. The molecule has 2 aliphatic heterocycles. The van der Waals surface area contributed by atoms with E-state index in [-0.39, 0.29) is 45.8 Å². The van der Waals surface area contributed by atoms with Crippen molar-refractivity contribution in [1.82, 2.24) is 0 Å². The summed E-state index contributed by atoms with van der Waals surface area (Å²) in [6.45, 7) is -0.646. The van der Waals surface area contributed by atoms with Gasteiger partial charge in [-0.05, 0) is 12.1 Å². The fourth-order valence-electron chi connectivity index (χ4n) is 3.99. The summed E-state index contributed by atoms with van der Waals surface area (Å²) in [5, 5.41) is 70.7. The number of phenolic OH excluding ortho intramolecular Hbond substituents is 3. The Morgan fingerprint density at radius 2 is 1.57 bits per heavy atom. The van der Waals surface area contributed by atoms with Gasteiger partial charge in [-0.15, -0.1) is 0 Å². The van der Waals surface area contributed by atoms with Crippen molar-refractivity contribution >= 4 is 6.08 Å². The van der Waals surface area contributed by atoms with Crippen molar-refractivity contribution in [3.8, 4) is 34.5 Å². The average molecular weight is 495 g/mol. The zero-order valence-corrected chi connectivity index (χ0v) is 18.8. The van der Waals surface area contributed by atoms with Gasteiger partial charge in [0, 0.05) is 12.1 Å². The molecule has 0 saturated carbocycles. The van der Waals surface area contributed by atoms with Crippen LogP contribution in [0.5, 0.6) is 34.5 Å². The third kappa shape index (κ3) is 4.49. The predicted molar refractivity (Wildman–Crippen MR) is 118 cm³/mol. The predicted octanol–water partition coefficient (Wildman–Crippen LogP) is -0.0258. The summed E-state index contributed by atoms with van der Waals surface area (Å²) in [5.74, 6) is -0.352. The first-order valence-corrected chi connectivity index (χ1v) is 10.6. The second-order valence-corrected chi connectivity index (χ2v) is 8.07. The van der Waals surface area contributed by atoms with E-state index in [2.05, 4.69) is 4.74 Å². The van der Waals surface area contributed by atoms with Gasteiger partial charge >= 0.3 is 0 Å². The van der Waals surface area contributed by atoms with E-state index in [1.165, 1.54) is 38.5 Å². The lowest BCUT2D eigenvalue weighted by atomic mass is 9.98. The highest BCUT2D eigenvalue weighted by atomic mass is 16.7. The molecular formula is C23H27O12+. The summed E-state index contributed by atoms with van der Waals surface area (Å²) in [7, 11) is 2.70. The molecule has 4 rings (SSSR count). The lowest BCUT2D eigenvalue weighted by Gasteiger charge is -2.40. The van der Waals surface area contributed by atoms with E-state index in [4.69, 9.17) is 18.9 Å². The minimum atomic E-state index is -1.69. The number of benzene rings is 2. The van der Waals surface area contributed by atoms with Gasteiger partial charge in [-0.1, -0.05) is 0 Å². The topological polar surface area (TPSA) is 191 Å². The van der Waals surface area contributed by atoms with Crippen LogP contribution in [0.4, 0.5) is 0 Å². The van der Waals surface area contributed by atoms with E-state index in [1.807, 2.05) is 0 Å². The molecule has 2 aromatic carbocycles. The summed E-state index contributed by atoms with van der Waals surface area (Å²) in [6.07, 6.45) is -7.21. The first-order valence-electron chi connectivity index (χ1n) is 10.6. The zero-order chi connectivity index (χ0) is 25.4. The third-order valence-corrected chi connectivity index (χ3v) is 5.86. The highest BCUT2D eigenvalue weighted by Gasteiger charge is 2.46. The van der Waals surface area contributed by atoms with E-state index >= 15 is 0 Å². The quantitative estimate of drug-likeness (QED) is 0.266. The van der Waals surface area contributed by atoms with Crippen LogP contribution in [0, 0.1) is 0 Å². The molecule has 1 saturated heterocycles. The van der Waals surface area contributed by atoms with Gasteiger partial charge < -0.3 is 59.4 Å². The normalized spacial score (nSPS) is 27.9. The second kappa shape index (κ2) is 9.68. The van der Waals surface area contributed by atoms with Crippen LogP contribution in [0.25, 0.3) is 6.08 Å². The van der Waals surface area contributed by atoms with E-state index in [9.17, 15) is 35.7 Å². The lowest BCUT2D eigenvalue weighted by molar-refractivity contribution is -0.295. The van der Waals surface area contributed by atoms with Crippen molar-refractivity contribution in [2.75, 3.05) is 20.8 Å². The Kier molecular flexibility index (Phi) is 6.83. The van der Waals surface area contributed by atoms with Gasteiger partial charge in [0.25, 0.3) is 11.9 Å². The standard InChI is InChI=1S/C23H26O12/c1-31-14-3-9(4-15(32-2)18(14)27)22-16(7-11-12(26)5-10(25)6-13(11)33-22)34-23-21(30)20(29)19(28)17(8-24)35-23/h3-7,17,19-30H,8H2,1-2H3/p+1/t17-,19-,20-,21+,22?,23-/m1/s1. The van der Waals surface area contributed by atoms with E-state index in [1.54, 1.807) is 0 Å². The van der Waals surface area contributed by atoms with Gasteiger partial charge in [0.05, 0.1) is 32.5 Å². The first-order chi connectivity index (χ1) is 16.7. The maximum Gasteiger partial charge on any atom is 0.270 e. The van der Waals surface area contributed by atoms with Crippen LogP contribution in [-0.4, -0.2) is 92.0 Å². The molecule has 0 aromatic heterocycles. The molecule has 2 aromatic rings. The Morgan fingerprint density at radius 1 is 0.914 bits per heavy atom. The number of phenols is 3. The van der Waals surface area contributed by atoms with Crippen molar-refractivity contribution in [3.63, 3.8) is 0 Å². The summed E-state index contributed by atoms with van der Waals surface area (Å²) in [5.41, 5.74) is 0.608. The van der Waals surface area contributed by atoms with Gasteiger partial charge in [-0.3, -0.25) is 0 Å². The molecule has 190 valence electrons. The Hall–Kier alpha value is -3.42. The number of fused-ring (bicyclic) bond motifs is 1. The summed E-state index contributed by atoms with van der Waals surface area (Å²) in [6, 6.07) is 5.40. The number of rotatable bonds is 6. The Morgan fingerprint density at radius 3 is 2.17 bits per heavy atom. The monoisotopic (exact) mass is 495 g/mol. The molecule has 6 atom stereocenters. The molecule has 2 heterocycles. The zero-order valence-electron chi connectivity index (χ0n) is 18.8. The van der Waals surface area contributed by atoms with Gasteiger partial charge in [-0.25, -0.2) is 0 Å². The van der Waals surface area contributed by atoms with Crippen LogP contribution in [-0.2, 0) is 9.47 Å². The molecule has 0 spiro atoms. The minimum Gasteiger partial charge on any atom is -0.571 e. The van der Waals surface area contributed by atoms with E-state index in [0.717, 1.165) is 6.07 Å². The molecule has 35 heavy (non-hydrogen) atoms. The maximum absolute atomic E-state index is 10.4. The van der Waals surface area contributed by atoms with E-state index in [0.29, 0.717) is 5.56 Å². The van der Waals surface area contributed by atoms with Crippen molar-refractivity contribution in [1.29, 1.82) is 0 Å². The molecule has 2 aliphatic rings. The molecule has 12 nitrogen and oxygen atoms in total. The molecule has 0 amide bonds. The molecular weight excluding hydrogens is 468 g/mol. The number of hydrogen-bond donors (Lipinski definition) is 7. The van der Waals surface area contributed by atoms with Gasteiger partial charge in [0.2, 0.25) is 12.0 Å². The Labute approximate surface area is 199 Å². The molecule has 0 aliphatic carbocycles. The van der Waals surface area contributed by atoms with Crippen molar-refractivity contribution in [3.05, 3.63) is 41.2 Å². The first kappa shape index (κ1) is 24.7. The molecule has 12 heteroatoms. The third-order valence-electron chi connectivity index (χ3n) is 5.86. The van der Waals surface area contributed by atoms with Crippen LogP contribution >= 0.6 is 0 Å². The van der Waals surface area contributed by atoms with Crippen molar-refractivity contribution in [2.45, 2.75) is 36.8 Å². The van der Waals surface area contributed by atoms with Crippen LogP contribution in [0.15, 0.2) is 30.0 Å². The average Bonchev–Trinajstić information content (AvgIpc) is 2.84. The minimum absolute atomic E-state index is 0.0395. The summed E-state index contributed by atoms with van der Waals surface area (Å²) >= 11 is 0. The van der Waals surface area contributed by atoms with Gasteiger partial charge in [0.15, 0.2) is 17.3 Å². The fraction of sp³-hybridized carbons (Fsp3) is 0.391. The second-order valence-electron chi connectivity index (χ2n) is 8.07. The SMILES string of the molecule is COc1cc(C2[OH+]c3cc(O)cc(O)c3C=C2O[C@@H]2O[C@H](CO)[C@@H](O)[C@@H](O)[C@@H]2O)cc(OC)c1O. The molecule has 0 radical (unpaired) electrons. The number of methoxy groups -OCH3 is 2. The molecule has 8 N–H and O–H groups in total. The Bertz CT molecular complexity index is 1090. The van der Waals surface area contributed by atoms with Crippen LogP contribution in [0.2, 0.25) is 0 Å². The highest BCUT2D eigenvalue weighted by molar-refractivity contribution is 5.69. The summed E-state index contributed by atoms with van der Waals surface area (Å²) < 4.78 is 26.3. The van der Waals surface area contributed by atoms with Crippen LogP contribution in [0.3, 0.4) is 0 Å². The van der Waals surface area contributed by atoms with Crippen molar-refractivity contribution < 1.29 is 59.4 Å². The number of aliphatic hydroxyl groups excluding tert-OH is 4. The lowest BCUT2D eigenvalue weighted by Crippen LogP contribution is -2.59. The number of aromatic hydroxyl groups is 4. The number of ether oxygens (including phenoxy) is 5. The summed E-state index contributed by atoms with van der Waals surface area (Å²) in [4.78, 5) is 0. The highest BCUT2D eigenvalue weighted by Crippen LogP contribution is 2.48. The van der Waals surface area contributed by atoms with Gasteiger partial charge in [-0.2, -0.15) is 0 Å². The fourth-order valence-corrected chi connectivity index (χ4v) is 3.99. The van der Waals surface area contributed by atoms with Gasteiger partial charge in [0.1, 0.15) is 41.5 Å². The van der Waals surface area contributed by atoms with Crippen molar-refractivity contribution in [2.24, 2.45) is 0 Å². The number of aliphatic hydroxyl groups is 5. The largest absolute Gasteiger partial charge is 0.571 e. The van der Waals surface area contributed by atoms with Crippen LogP contribution in [0.1, 0.15) is 17.2 Å². The molecule has 1 fully saturated rings. The molecule has 1 unspecified atom stereocenters.